The van der Waals surface area contributed by atoms with E-state index in [-0.39, 0.29) is 29.6 Å². The van der Waals surface area contributed by atoms with Gasteiger partial charge in [0.15, 0.2) is 0 Å². The summed E-state index contributed by atoms with van der Waals surface area (Å²) in [4.78, 5) is 14.9. The molecular weight excluding hydrogens is 339 g/mol. The first-order valence-corrected chi connectivity index (χ1v) is 9.94. The van der Waals surface area contributed by atoms with Crippen LogP contribution in [0.4, 0.5) is 4.39 Å². The van der Waals surface area contributed by atoms with E-state index in [1.165, 1.54) is 0 Å². The summed E-state index contributed by atoms with van der Waals surface area (Å²) in [6.07, 6.45) is 3.53. The first kappa shape index (κ1) is 18.2. The van der Waals surface area contributed by atoms with E-state index in [2.05, 4.69) is 0 Å². The Morgan fingerprint density at radius 2 is 1.93 bits per heavy atom. The molecule has 4 rings (SSSR count). The van der Waals surface area contributed by atoms with Gasteiger partial charge in [-0.1, -0.05) is 36.4 Å². The predicted molar refractivity (Wildman–Crippen MR) is 106 cm³/mol. The molecule has 0 radical (unpaired) electrons. The second-order valence-corrected chi connectivity index (χ2v) is 8.04. The lowest BCUT2D eigenvalue weighted by molar-refractivity contribution is -0.132. The molecule has 27 heavy (non-hydrogen) atoms. The Hall–Kier alpha value is -2.20. The van der Waals surface area contributed by atoms with Crippen LogP contribution >= 0.6 is 0 Å². The molecule has 3 atom stereocenters. The lowest BCUT2D eigenvalue weighted by atomic mass is 9.93. The summed E-state index contributed by atoms with van der Waals surface area (Å²) in [6.45, 7) is 3.41. The number of halogens is 1. The topological polar surface area (TPSA) is 46.3 Å². The Kier molecular flexibility index (Phi) is 5.00. The number of rotatable bonds is 3. The first-order valence-electron chi connectivity index (χ1n) is 9.94. The molecule has 1 heterocycles. The van der Waals surface area contributed by atoms with Gasteiger partial charge < -0.3 is 10.6 Å². The maximum absolute atomic E-state index is 14.9. The summed E-state index contributed by atoms with van der Waals surface area (Å²) < 4.78 is 14.9. The third kappa shape index (κ3) is 3.77. The molecule has 2 aliphatic rings. The fourth-order valence-electron chi connectivity index (χ4n) is 4.35. The molecule has 4 heteroatoms. The number of carbonyl (C=O) groups is 1. The van der Waals surface area contributed by atoms with Gasteiger partial charge in [-0.25, -0.2) is 4.39 Å². The van der Waals surface area contributed by atoms with Crippen LogP contribution in [-0.4, -0.2) is 29.9 Å². The van der Waals surface area contributed by atoms with E-state index in [0.29, 0.717) is 5.56 Å². The number of benzene rings is 2. The lowest BCUT2D eigenvalue weighted by Gasteiger charge is -2.21. The summed E-state index contributed by atoms with van der Waals surface area (Å²) >= 11 is 0. The van der Waals surface area contributed by atoms with Crippen LogP contribution in [0.15, 0.2) is 42.5 Å². The standard InChI is InChI=1S/C23H27FN2O/c1-15-12-18(16-6-3-2-4-7-16)22(21(24)13-15)19-14-20(19)23(27)26-10-5-8-17(25)9-11-26/h2-4,6-7,12-13,17,19-20H,5,8-11,14,25H2,1H3. The van der Waals surface area contributed by atoms with Crippen molar-refractivity contribution in [3.8, 4) is 11.1 Å². The SMILES string of the molecule is Cc1cc(F)c(C2CC2C(=O)N2CCCC(N)CC2)c(-c2ccccc2)c1. The zero-order chi connectivity index (χ0) is 19.0. The Morgan fingerprint density at radius 1 is 1.15 bits per heavy atom. The number of hydrogen-bond donors (Lipinski definition) is 1. The number of nitrogens with zero attached hydrogens (tertiary/aromatic N) is 1. The summed E-state index contributed by atoms with van der Waals surface area (Å²) in [5, 5.41) is 0. The van der Waals surface area contributed by atoms with Crippen LogP contribution in [0.1, 0.15) is 42.7 Å². The Labute approximate surface area is 160 Å². The number of amides is 1. The fourth-order valence-corrected chi connectivity index (χ4v) is 4.35. The van der Waals surface area contributed by atoms with Crippen molar-refractivity contribution in [1.29, 1.82) is 0 Å². The van der Waals surface area contributed by atoms with E-state index >= 15 is 0 Å². The molecule has 1 aliphatic heterocycles. The highest BCUT2D eigenvalue weighted by Gasteiger charge is 2.48. The molecule has 3 nitrogen and oxygen atoms in total. The molecule has 0 aromatic heterocycles. The molecule has 142 valence electrons. The monoisotopic (exact) mass is 366 g/mol. The molecule has 2 fully saturated rings. The minimum absolute atomic E-state index is 0.0229. The highest BCUT2D eigenvalue weighted by Crippen LogP contribution is 2.52. The van der Waals surface area contributed by atoms with Crippen LogP contribution in [0, 0.1) is 18.7 Å². The summed E-state index contributed by atoms with van der Waals surface area (Å²) in [7, 11) is 0. The van der Waals surface area contributed by atoms with Gasteiger partial charge in [-0.15, -0.1) is 0 Å². The van der Waals surface area contributed by atoms with E-state index in [1.807, 2.05) is 48.2 Å². The molecule has 1 amide bonds. The van der Waals surface area contributed by atoms with Gasteiger partial charge in [-0.3, -0.25) is 4.79 Å². The van der Waals surface area contributed by atoms with Crippen LogP contribution in [0.2, 0.25) is 0 Å². The molecule has 0 spiro atoms. The molecule has 3 unspecified atom stereocenters. The third-order valence-corrected chi connectivity index (χ3v) is 5.92. The Bertz CT molecular complexity index is 836. The van der Waals surface area contributed by atoms with Gasteiger partial charge in [0.05, 0.1) is 0 Å². The van der Waals surface area contributed by atoms with Gasteiger partial charge in [0, 0.05) is 25.0 Å². The smallest absolute Gasteiger partial charge is 0.226 e. The largest absolute Gasteiger partial charge is 0.342 e. The van der Waals surface area contributed by atoms with Gasteiger partial charge in [-0.2, -0.15) is 0 Å². The highest BCUT2D eigenvalue weighted by molar-refractivity contribution is 5.84. The molecule has 1 saturated heterocycles. The molecular formula is C23H27FN2O. The number of hydrogen-bond acceptors (Lipinski definition) is 2. The number of carbonyl (C=O) groups excluding carboxylic acids is 1. The van der Waals surface area contributed by atoms with Crippen molar-refractivity contribution in [2.75, 3.05) is 13.1 Å². The van der Waals surface area contributed by atoms with Crippen LogP contribution < -0.4 is 5.73 Å². The summed E-state index contributed by atoms with van der Waals surface area (Å²) in [5.74, 6) is -0.135. The molecule has 2 N–H and O–H groups in total. The summed E-state index contributed by atoms with van der Waals surface area (Å²) in [5.41, 5.74) is 9.58. The van der Waals surface area contributed by atoms with Crippen LogP contribution in [0.3, 0.4) is 0 Å². The highest BCUT2D eigenvalue weighted by atomic mass is 19.1. The van der Waals surface area contributed by atoms with Gasteiger partial charge in [0.1, 0.15) is 5.82 Å². The quantitative estimate of drug-likeness (QED) is 0.883. The minimum Gasteiger partial charge on any atom is -0.342 e. The van der Waals surface area contributed by atoms with Crippen LogP contribution in [0.25, 0.3) is 11.1 Å². The van der Waals surface area contributed by atoms with Crippen molar-refractivity contribution < 1.29 is 9.18 Å². The normalized spacial score (nSPS) is 25.1. The van der Waals surface area contributed by atoms with E-state index in [4.69, 9.17) is 5.73 Å². The van der Waals surface area contributed by atoms with Crippen LogP contribution in [-0.2, 0) is 4.79 Å². The van der Waals surface area contributed by atoms with Crippen molar-refractivity contribution in [1.82, 2.24) is 4.90 Å². The average molecular weight is 366 g/mol. The Balaban J connectivity index is 1.59. The van der Waals surface area contributed by atoms with Gasteiger partial charge in [0.25, 0.3) is 0 Å². The molecule has 1 aliphatic carbocycles. The number of aryl methyl sites for hydroxylation is 1. The predicted octanol–water partition coefficient (Wildman–Crippen LogP) is 4.24. The molecule has 1 saturated carbocycles. The van der Waals surface area contributed by atoms with E-state index < -0.39 is 0 Å². The lowest BCUT2D eigenvalue weighted by Crippen LogP contribution is -2.34. The molecule has 2 aromatic carbocycles. The average Bonchev–Trinajstić information content (AvgIpc) is 3.46. The van der Waals surface area contributed by atoms with Crippen molar-refractivity contribution in [2.24, 2.45) is 11.7 Å². The number of nitrogens with two attached hydrogens (primary N) is 1. The van der Waals surface area contributed by atoms with Gasteiger partial charge in [0.2, 0.25) is 5.91 Å². The first-order chi connectivity index (χ1) is 13.0. The third-order valence-electron chi connectivity index (χ3n) is 5.92. The maximum atomic E-state index is 14.9. The summed E-state index contributed by atoms with van der Waals surface area (Å²) in [6, 6.07) is 13.7. The van der Waals surface area contributed by atoms with Crippen molar-refractivity contribution in [3.05, 3.63) is 59.4 Å². The van der Waals surface area contributed by atoms with E-state index in [1.54, 1.807) is 6.07 Å². The van der Waals surface area contributed by atoms with Gasteiger partial charge >= 0.3 is 0 Å². The molecule has 2 aromatic rings. The maximum Gasteiger partial charge on any atom is 0.226 e. The van der Waals surface area contributed by atoms with Crippen molar-refractivity contribution in [3.63, 3.8) is 0 Å². The Morgan fingerprint density at radius 3 is 2.70 bits per heavy atom. The van der Waals surface area contributed by atoms with E-state index in [0.717, 1.165) is 55.5 Å². The fraction of sp³-hybridized carbons (Fsp3) is 0.435. The van der Waals surface area contributed by atoms with Crippen LogP contribution in [0.5, 0.6) is 0 Å². The van der Waals surface area contributed by atoms with Gasteiger partial charge in [-0.05, 0) is 66.8 Å². The second kappa shape index (κ2) is 7.43. The van der Waals surface area contributed by atoms with E-state index in [9.17, 15) is 9.18 Å². The van der Waals surface area contributed by atoms with Crippen molar-refractivity contribution in [2.45, 2.75) is 44.6 Å². The number of likely N-dealkylation sites (tertiary alicyclic amines) is 1. The zero-order valence-corrected chi connectivity index (χ0v) is 15.8. The zero-order valence-electron chi connectivity index (χ0n) is 15.8. The second-order valence-electron chi connectivity index (χ2n) is 8.04. The van der Waals surface area contributed by atoms with Crippen molar-refractivity contribution >= 4 is 5.91 Å². The molecule has 0 bridgehead atoms. The minimum atomic E-state index is -0.188.